The molecule has 5 heteroatoms. The number of nitrogens with one attached hydrogen (secondary N) is 1. The molecule has 20 heavy (non-hydrogen) atoms. The number of halogens is 1. The highest BCUT2D eigenvalue weighted by Gasteiger charge is 2.24. The molecule has 0 bridgehead atoms. The van der Waals surface area contributed by atoms with Crippen LogP contribution in [-0.2, 0) is 4.79 Å². The summed E-state index contributed by atoms with van der Waals surface area (Å²) in [5, 5.41) is 2.84. The average Bonchev–Trinajstić information content (AvgIpc) is 2.40. The van der Waals surface area contributed by atoms with Crippen LogP contribution in [0.5, 0.6) is 0 Å². The highest BCUT2D eigenvalue weighted by Crippen LogP contribution is 2.24. The Morgan fingerprint density at radius 2 is 1.95 bits per heavy atom. The fourth-order valence-corrected chi connectivity index (χ4v) is 2.62. The van der Waals surface area contributed by atoms with Crippen molar-refractivity contribution < 1.29 is 4.79 Å². The van der Waals surface area contributed by atoms with E-state index in [1.807, 2.05) is 32.9 Å². The molecule has 1 aromatic rings. The third-order valence-electron chi connectivity index (χ3n) is 3.23. The molecule has 1 rings (SSSR count). The number of carbonyl (C=O) groups excluding carboxylic acids is 1. The van der Waals surface area contributed by atoms with Gasteiger partial charge in [0.15, 0.2) is 0 Å². The Bertz CT molecular complexity index is 420. The van der Waals surface area contributed by atoms with Crippen LogP contribution in [0.4, 0.5) is 0 Å². The van der Waals surface area contributed by atoms with E-state index in [9.17, 15) is 4.79 Å². The van der Waals surface area contributed by atoms with Crippen LogP contribution in [0.1, 0.15) is 32.4 Å². The van der Waals surface area contributed by atoms with Crippen molar-refractivity contribution in [2.24, 2.45) is 5.73 Å². The molecular formula is C15H24BrN3O. The Morgan fingerprint density at radius 3 is 2.40 bits per heavy atom. The van der Waals surface area contributed by atoms with Crippen molar-refractivity contribution in [1.29, 1.82) is 0 Å². The lowest BCUT2D eigenvalue weighted by Crippen LogP contribution is -2.44. The second-order valence-corrected chi connectivity index (χ2v) is 5.79. The van der Waals surface area contributed by atoms with E-state index in [2.05, 4.69) is 38.3 Å². The van der Waals surface area contributed by atoms with Crippen LogP contribution in [0.25, 0.3) is 0 Å². The fraction of sp³-hybridized carbons (Fsp3) is 0.533. The zero-order chi connectivity index (χ0) is 15.1. The van der Waals surface area contributed by atoms with Gasteiger partial charge in [-0.2, -0.15) is 0 Å². The van der Waals surface area contributed by atoms with Gasteiger partial charge in [0, 0.05) is 17.1 Å². The lowest BCUT2D eigenvalue weighted by molar-refractivity contribution is -0.122. The Morgan fingerprint density at radius 1 is 1.35 bits per heavy atom. The Balaban J connectivity index is 2.92. The Labute approximate surface area is 129 Å². The number of hydrogen-bond acceptors (Lipinski definition) is 3. The van der Waals surface area contributed by atoms with E-state index in [1.54, 1.807) is 0 Å². The van der Waals surface area contributed by atoms with Crippen molar-refractivity contribution in [1.82, 2.24) is 10.2 Å². The fourth-order valence-electron chi connectivity index (χ4n) is 2.35. The van der Waals surface area contributed by atoms with Crippen molar-refractivity contribution in [2.45, 2.75) is 32.9 Å². The first-order chi connectivity index (χ1) is 9.49. The molecule has 0 spiro atoms. The van der Waals surface area contributed by atoms with Gasteiger partial charge >= 0.3 is 0 Å². The zero-order valence-electron chi connectivity index (χ0n) is 12.4. The highest BCUT2D eigenvalue weighted by atomic mass is 79.9. The van der Waals surface area contributed by atoms with E-state index in [4.69, 9.17) is 5.73 Å². The van der Waals surface area contributed by atoms with Crippen LogP contribution >= 0.6 is 15.9 Å². The largest absolute Gasteiger partial charge is 0.355 e. The third kappa shape index (κ3) is 4.89. The van der Waals surface area contributed by atoms with E-state index in [1.165, 1.54) is 0 Å². The molecule has 0 heterocycles. The summed E-state index contributed by atoms with van der Waals surface area (Å²) >= 11 is 3.44. The smallest absolute Gasteiger partial charge is 0.234 e. The van der Waals surface area contributed by atoms with Gasteiger partial charge in [-0.15, -0.1) is 0 Å². The summed E-state index contributed by atoms with van der Waals surface area (Å²) in [5.41, 5.74) is 7.28. The van der Waals surface area contributed by atoms with E-state index < -0.39 is 0 Å². The van der Waals surface area contributed by atoms with E-state index in [0.717, 1.165) is 16.6 Å². The Kier molecular flexibility index (Phi) is 7.19. The minimum absolute atomic E-state index is 0.0377. The molecule has 0 aliphatic carbocycles. The van der Waals surface area contributed by atoms with Crippen molar-refractivity contribution >= 4 is 21.8 Å². The molecule has 2 unspecified atom stereocenters. The molecule has 2 atom stereocenters. The first-order valence-electron chi connectivity index (χ1n) is 7.01. The second-order valence-electron chi connectivity index (χ2n) is 4.87. The van der Waals surface area contributed by atoms with Gasteiger partial charge in [-0.05, 0) is 38.1 Å². The van der Waals surface area contributed by atoms with E-state index in [-0.39, 0.29) is 18.0 Å². The summed E-state index contributed by atoms with van der Waals surface area (Å²) in [5.74, 6) is 0.0390. The summed E-state index contributed by atoms with van der Waals surface area (Å²) < 4.78 is 1.04. The van der Waals surface area contributed by atoms with Gasteiger partial charge in [0.05, 0.1) is 12.6 Å². The highest BCUT2D eigenvalue weighted by molar-refractivity contribution is 9.10. The normalized spacial score (nSPS) is 14.1. The summed E-state index contributed by atoms with van der Waals surface area (Å²) in [7, 11) is 0. The lowest BCUT2D eigenvalue weighted by Gasteiger charge is -2.33. The standard InChI is InChI=1S/C15H24BrN3O/c1-4-18-14(20)10-19(5-2)15(11(3)17)12-6-8-13(16)9-7-12/h6-9,11,15H,4-5,10,17H2,1-3H3,(H,18,20). The summed E-state index contributed by atoms with van der Waals surface area (Å²) in [4.78, 5) is 13.9. The Hall–Kier alpha value is -0.910. The molecule has 0 fully saturated rings. The van der Waals surface area contributed by atoms with Gasteiger partial charge in [0.25, 0.3) is 0 Å². The average molecular weight is 342 g/mol. The van der Waals surface area contributed by atoms with Gasteiger partial charge in [-0.1, -0.05) is 35.0 Å². The number of benzene rings is 1. The van der Waals surface area contributed by atoms with Crippen molar-refractivity contribution in [3.05, 3.63) is 34.3 Å². The number of carbonyl (C=O) groups is 1. The van der Waals surface area contributed by atoms with Gasteiger partial charge in [0.2, 0.25) is 5.91 Å². The minimum Gasteiger partial charge on any atom is -0.355 e. The monoisotopic (exact) mass is 341 g/mol. The van der Waals surface area contributed by atoms with Crippen LogP contribution in [0.2, 0.25) is 0 Å². The van der Waals surface area contributed by atoms with Crippen LogP contribution in [0.15, 0.2) is 28.7 Å². The first-order valence-corrected chi connectivity index (χ1v) is 7.80. The quantitative estimate of drug-likeness (QED) is 0.799. The number of amides is 1. The maximum Gasteiger partial charge on any atom is 0.234 e. The SMILES string of the molecule is CCNC(=O)CN(CC)C(c1ccc(Br)cc1)C(C)N. The van der Waals surface area contributed by atoms with Crippen molar-refractivity contribution in [3.63, 3.8) is 0 Å². The topological polar surface area (TPSA) is 58.4 Å². The lowest BCUT2D eigenvalue weighted by atomic mass is 9.99. The molecule has 4 nitrogen and oxygen atoms in total. The number of nitrogens with two attached hydrogens (primary N) is 1. The van der Waals surface area contributed by atoms with Crippen molar-refractivity contribution in [3.8, 4) is 0 Å². The van der Waals surface area contributed by atoms with Gasteiger partial charge < -0.3 is 11.1 Å². The third-order valence-corrected chi connectivity index (χ3v) is 3.76. The number of nitrogens with zero attached hydrogens (tertiary/aromatic N) is 1. The molecular weight excluding hydrogens is 318 g/mol. The number of rotatable bonds is 7. The molecule has 0 saturated heterocycles. The van der Waals surface area contributed by atoms with Gasteiger partial charge in [-0.3, -0.25) is 9.69 Å². The molecule has 1 aromatic carbocycles. The molecule has 0 aliphatic rings. The maximum atomic E-state index is 11.8. The first kappa shape index (κ1) is 17.1. The predicted octanol–water partition coefficient (Wildman–Crippen LogP) is 2.30. The molecule has 0 radical (unpaired) electrons. The van der Waals surface area contributed by atoms with Crippen LogP contribution in [0.3, 0.4) is 0 Å². The summed E-state index contributed by atoms with van der Waals surface area (Å²) in [6.45, 7) is 7.75. The van der Waals surface area contributed by atoms with Crippen LogP contribution in [0, 0.1) is 0 Å². The van der Waals surface area contributed by atoms with E-state index >= 15 is 0 Å². The van der Waals surface area contributed by atoms with E-state index in [0.29, 0.717) is 13.1 Å². The summed E-state index contributed by atoms with van der Waals surface area (Å²) in [6.07, 6.45) is 0. The molecule has 1 amide bonds. The molecule has 0 saturated carbocycles. The zero-order valence-corrected chi connectivity index (χ0v) is 14.0. The van der Waals surface area contributed by atoms with Gasteiger partial charge in [-0.25, -0.2) is 0 Å². The predicted molar refractivity (Wildman–Crippen MR) is 86.5 cm³/mol. The molecule has 0 aliphatic heterocycles. The second kappa shape index (κ2) is 8.39. The van der Waals surface area contributed by atoms with Crippen LogP contribution in [-0.4, -0.2) is 36.5 Å². The summed E-state index contributed by atoms with van der Waals surface area (Å²) in [6, 6.07) is 8.10. The van der Waals surface area contributed by atoms with Crippen molar-refractivity contribution in [2.75, 3.05) is 19.6 Å². The van der Waals surface area contributed by atoms with Crippen LogP contribution < -0.4 is 11.1 Å². The molecule has 0 aromatic heterocycles. The minimum atomic E-state index is -0.0504. The number of likely N-dealkylation sites (N-methyl/N-ethyl adjacent to an activating group) is 2. The molecule has 3 N–H and O–H groups in total. The molecule has 112 valence electrons. The van der Waals surface area contributed by atoms with Gasteiger partial charge in [0.1, 0.15) is 0 Å². The maximum absolute atomic E-state index is 11.8. The number of hydrogen-bond donors (Lipinski definition) is 2.